The number of aromatic hydroxyl groups is 2. The van der Waals surface area contributed by atoms with E-state index in [9.17, 15) is 41.4 Å². The molecule has 15 nitrogen and oxygen atoms in total. The molecule has 0 saturated carbocycles. The number of aromatic nitrogens is 4. The predicted octanol–water partition coefficient (Wildman–Crippen LogP) is 2.13. The second kappa shape index (κ2) is 11.7. The summed E-state index contributed by atoms with van der Waals surface area (Å²) in [6.45, 7) is 2.63. The number of nitrogens with zero attached hydrogens (tertiary/aromatic N) is 4. The van der Waals surface area contributed by atoms with Crippen molar-refractivity contribution in [3.63, 3.8) is 0 Å². The Morgan fingerprint density at radius 3 is 1.24 bits per heavy atom. The summed E-state index contributed by atoms with van der Waals surface area (Å²) in [5, 5.41) is 29.3. The molecular formula is C29H30N4O11S2. The number of ketones is 1. The fourth-order valence-electron chi connectivity index (χ4n) is 5.24. The van der Waals surface area contributed by atoms with Gasteiger partial charge in [0.1, 0.15) is 0 Å². The van der Waals surface area contributed by atoms with Gasteiger partial charge in [0.05, 0.1) is 58.7 Å². The molecule has 17 heteroatoms. The lowest BCUT2D eigenvalue weighted by atomic mass is 9.87. The number of hydrogen-bond donors (Lipinski definition) is 2. The van der Waals surface area contributed by atoms with Crippen LogP contribution in [0.4, 0.5) is 0 Å². The molecule has 2 aromatic heterocycles. The first-order valence-electron chi connectivity index (χ1n) is 13.2. The molecular weight excluding hydrogens is 644 g/mol. The van der Waals surface area contributed by atoms with Crippen LogP contribution in [0.1, 0.15) is 47.8 Å². The molecule has 0 fully saturated rings. The standard InChI is InChI=1S/C29H30N4O11S2/c1-13-15(9-17(19-11-30-32(3)26(19)35)24(45(7,39)40)21(13)28(37)43-5)23(34)16-10-18(20-12-31-33(4)27(20)36)25(46(8,41)42)22(14(16)2)29(38)44-6/h9-12,35-36H,1-8H3. The molecule has 244 valence electrons. The Morgan fingerprint density at radius 1 is 0.674 bits per heavy atom. The molecule has 0 spiro atoms. The second-order valence-corrected chi connectivity index (χ2v) is 14.4. The van der Waals surface area contributed by atoms with Crippen molar-refractivity contribution in [3.8, 4) is 34.0 Å². The van der Waals surface area contributed by atoms with Crippen LogP contribution < -0.4 is 0 Å². The van der Waals surface area contributed by atoms with Crippen LogP contribution in [-0.2, 0) is 43.2 Å². The molecule has 4 rings (SSSR count). The van der Waals surface area contributed by atoms with Gasteiger partial charge in [0.15, 0.2) is 25.5 Å². The first-order valence-corrected chi connectivity index (χ1v) is 16.9. The van der Waals surface area contributed by atoms with Crippen LogP contribution in [0.5, 0.6) is 11.8 Å². The van der Waals surface area contributed by atoms with Gasteiger partial charge in [0.2, 0.25) is 11.8 Å². The van der Waals surface area contributed by atoms with Crippen LogP contribution in [0.3, 0.4) is 0 Å². The normalized spacial score (nSPS) is 11.8. The van der Waals surface area contributed by atoms with Gasteiger partial charge in [-0.05, 0) is 37.1 Å². The Bertz CT molecular complexity index is 2040. The maximum absolute atomic E-state index is 14.5. The minimum absolute atomic E-state index is 0.123. The molecule has 2 heterocycles. The Labute approximate surface area is 263 Å². The molecule has 0 saturated heterocycles. The Morgan fingerprint density at radius 2 is 1.00 bits per heavy atom. The topological polar surface area (TPSA) is 214 Å². The van der Waals surface area contributed by atoms with Crippen LogP contribution in [0.25, 0.3) is 22.3 Å². The summed E-state index contributed by atoms with van der Waals surface area (Å²) < 4.78 is 64.4. The first kappa shape index (κ1) is 33.9. The van der Waals surface area contributed by atoms with Crippen molar-refractivity contribution in [2.45, 2.75) is 23.6 Å². The van der Waals surface area contributed by atoms with Crippen LogP contribution in [0, 0.1) is 13.8 Å². The number of rotatable bonds is 8. The van der Waals surface area contributed by atoms with Crippen molar-refractivity contribution in [1.82, 2.24) is 19.6 Å². The van der Waals surface area contributed by atoms with Gasteiger partial charge in [-0.3, -0.25) is 4.79 Å². The van der Waals surface area contributed by atoms with Gasteiger partial charge in [-0.25, -0.2) is 35.8 Å². The van der Waals surface area contributed by atoms with E-state index in [0.717, 1.165) is 60.6 Å². The Kier molecular flexibility index (Phi) is 8.62. The molecule has 4 aromatic rings. The van der Waals surface area contributed by atoms with Crippen molar-refractivity contribution >= 4 is 37.4 Å². The van der Waals surface area contributed by atoms with Crippen molar-refractivity contribution < 1.29 is 50.9 Å². The monoisotopic (exact) mass is 674 g/mol. The fraction of sp³-hybridized carbons (Fsp3) is 0.276. The maximum Gasteiger partial charge on any atom is 0.339 e. The highest BCUT2D eigenvalue weighted by molar-refractivity contribution is 7.91. The highest BCUT2D eigenvalue weighted by Gasteiger charge is 2.35. The van der Waals surface area contributed by atoms with Crippen molar-refractivity contribution in [3.05, 3.63) is 57.9 Å². The number of hydrogen-bond acceptors (Lipinski definition) is 13. The summed E-state index contributed by atoms with van der Waals surface area (Å²) in [5.41, 5.74) is -2.46. The average Bonchev–Trinajstić information content (AvgIpc) is 3.49. The molecule has 0 aliphatic heterocycles. The van der Waals surface area contributed by atoms with E-state index in [1.54, 1.807) is 0 Å². The number of ether oxygens (including phenoxy) is 2. The van der Waals surface area contributed by atoms with E-state index in [4.69, 9.17) is 9.47 Å². The van der Waals surface area contributed by atoms with E-state index in [1.165, 1.54) is 27.9 Å². The average molecular weight is 675 g/mol. The minimum atomic E-state index is -4.23. The molecule has 0 bridgehead atoms. The number of esters is 2. The summed E-state index contributed by atoms with van der Waals surface area (Å²) >= 11 is 0. The van der Waals surface area contributed by atoms with E-state index in [-0.39, 0.29) is 44.5 Å². The van der Waals surface area contributed by atoms with E-state index >= 15 is 0 Å². The van der Waals surface area contributed by atoms with Gasteiger partial charge in [-0.2, -0.15) is 10.2 Å². The highest BCUT2D eigenvalue weighted by atomic mass is 32.2. The van der Waals surface area contributed by atoms with Gasteiger partial charge in [-0.15, -0.1) is 0 Å². The van der Waals surface area contributed by atoms with E-state index < -0.39 is 70.1 Å². The number of methoxy groups -OCH3 is 2. The van der Waals surface area contributed by atoms with Gasteiger partial charge >= 0.3 is 11.9 Å². The summed E-state index contributed by atoms with van der Waals surface area (Å²) in [7, 11) is -3.64. The number of carbonyl (C=O) groups is 3. The molecule has 0 atom stereocenters. The summed E-state index contributed by atoms with van der Waals surface area (Å²) in [5.74, 6) is -4.02. The highest BCUT2D eigenvalue weighted by Crippen LogP contribution is 2.42. The van der Waals surface area contributed by atoms with E-state index in [1.807, 2.05) is 0 Å². The van der Waals surface area contributed by atoms with Gasteiger partial charge < -0.3 is 19.7 Å². The van der Waals surface area contributed by atoms with Crippen LogP contribution in [0.15, 0.2) is 34.3 Å². The quantitative estimate of drug-likeness (QED) is 0.203. The Hall–Kier alpha value is -5.03. The van der Waals surface area contributed by atoms with Crippen LogP contribution >= 0.6 is 0 Å². The molecule has 0 amide bonds. The summed E-state index contributed by atoms with van der Waals surface area (Å²) in [6.07, 6.45) is 3.98. The lowest BCUT2D eigenvalue weighted by Crippen LogP contribution is -2.19. The number of sulfone groups is 2. The molecule has 0 radical (unpaired) electrons. The van der Waals surface area contributed by atoms with E-state index in [0.29, 0.717) is 0 Å². The minimum Gasteiger partial charge on any atom is -0.493 e. The molecule has 0 unspecified atom stereocenters. The Balaban J connectivity index is 2.23. The third kappa shape index (κ3) is 5.51. The van der Waals surface area contributed by atoms with Gasteiger partial charge in [0.25, 0.3) is 0 Å². The smallest absolute Gasteiger partial charge is 0.339 e. The number of benzene rings is 2. The maximum atomic E-state index is 14.5. The molecule has 0 aliphatic rings. The van der Waals surface area contributed by atoms with Crippen molar-refractivity contribution in [2.24, 2.45) is 14.1 Å². The third-order valence-electron chi connectivity index (χ3n) is 7.48. The lowest BCUT2D eigenvalue weighted by Gasteiger charge is -2.20. The second-order valence-electron chi connectivity index (χ2n) is 10.5. The molecule has 2 aromatic carbocycles. The zero-order valence-corrected chi connectivity index (χ0v) is 27.6. The van der Waals surface area contributed by atoms with E-state index in [2.05, 4.69) is 10.2 Å². The van der Waals surface area contributed by atoms with Crippen LogP contribution in [-0.4, -0.2) is 91.1 Å². The zero-order chi connectivity index (χ0) is 34.6. The molecule has 0 aliphatic carbocycles. The summed E-state index contributed by atoms with van der Waals surface area (Å²) in [4.78, 5) is 39.7. The molecule has 2 N–H and O–H groups in total. The lowest BCUT2D eigenvalue weighted by molar-refractivity contribution is 0.0587. The zero-order valence-electron chi connectivity index (χ0n) is 26.0. The number of aryl methyl sites for hydroxylation is 2. The van der Waals surface area contributed by atoms with Crippen molar-refractivity contribution in [2.75, 3.05) is 26.7 Å². The first-order chi connectivity index (χ1) is 21.3. The number of carbonyl (C=O) groups excluding carboxylic acids is 3. The summed E-state index contributed by atoms with van der Waals surface area (Å²) in [6, 6.07) is 2.31. The third-order valence-corrected chi connectivity index (χ3v) is 9.82. The van der Waals surface area contributed by atoms with Gasteiger partial charge in [-0.1, -0.05) is 0 Å². The van der Waals surface area contributed by atoms with Gasteiger partial charge in [0, 0.05) is 48.9 Å². The predicted molar refractivity (Wildman–Crippen MR) is 162 cm³/mol. The fourth-order valence-corrected chi connectivity index (χ4v) is 7.59. The molecule has 46 heavy (non-hydrogen) atoms. The SMILES string of the molecule is COC(=O)c1c(C)c(C(=O)c2cc(-c3cnn(C)c3O)c(S(C)(=O)=O)c(C(=O)OC)c2C)cc(-c2cnn(C)c2O)c1S(C)(=O)=O. The van der Waals surface area contributed by atoms with Crippen LogP contribution in [0.2, 0.25) is 0 Å². The largest absolute Gasteiger partial charge is 0.493 e. The van der Waals surface area contributed by atoms with Crippen molar-refractivity contribution in [1.29, 1.82) is 0 Å².